The molecular weight excluding hydrogens is 203 g/mol. The molecule has 0 N–H and O–H groups in total. The molecule has 0 heterocycles. The minimum absolute atomic E-state index is 0.332. The average Bonchev–Trinajstić information content (AvgIpc) is 2.03. The standard InChI is InChI=1S/C9H21O4P/c1-5-11-14(10,12-6-2)13-8-7-9(3)4/h9H,5-8H2,1-4H3. The first kappa shape index (κ1) is 14.1. The van der Waals surface area contributed by atoms with Crippen molar-refractivity contribution >= 4 is 7.82 Å². The van der Waals surface area contributed by atoms with E-state index in [1.807, 2.05) is 0 Å². The molecule has 0 aromatic heterocycles. The molecule has 86 valence electrons. The number of rotatable bonds is 8. The average molecular weight is 224 g/mol. The van der Waals surface area contributed by atoms with Gasteiger partial charge in [-0.2, -0.15) is 0 Å². The Hall–Kier alpha value is 0.110. The summed E-state index contributed by atoms with van der Waals surface area (Å²) in [6, 6.07) is 0. The van der Waals surface area contributed by atoms with E-state index in [0.29, 0.717) is 25.7 Å². The minimum atomic E-state index is -3.28. The maximum Gasteiger partial charge on any atom is 0.474 e. The summed E-state index contributed by atoms with van der Waals surface area (Å²) in [5.41, 5.74) is 0. The second-order valence-corrected chi connectivity index (χ2v) is 4.97. The molecule has 0 spiro atoms. The quantitative estimate of drug-likeness (QED) is 0.594. The summed E-state index contributed by atoms with van der Waals surface area (Å²) < 4.78 is 26.8. The highest BCUT2D eigenvalue weighted by Crippen LogP contribution is 2.49. The van der Waals surface area contributed by atoms with Crippen LogP contribution in [0, 0.1) is 5.92 Å². The summed E-state index contributed by atoms with van der Waals surface area (Å²) >= 11 is 0. The van der Waals surface area contributed by atoms with Crippen LogP contribution in [0.2, 0.25) is 0 Å². The SMILES string of the molecule is CCOP(=O)(OCC)OCCC(C)C. The minimum Gasteiger partial charge on any atom is -0.287 e. The van der Waals surface area contributed by atoms with Crippen LogP contribution in [0.1, 0.15) is 34.1 Å². The summed E-state index contributed by atoms with van der Waals surface area (Å²) in [6.07, 6.45) is 0.851. The van der Waals surface area contributed by atoms with Crippen LogP contribution in [0.25, 0.3) is 0 Å². The van der Waals surface area contributed by atoms with E-state index in [1.165, 1.54) is 0 Å². The molecule has 0 radical (unpaired) electrons. The lowest BCUT2D eigenvalue weighted by Gasteiger charge is -2.16. The van der Waals surface area contributed by atoms with E-state index in [4.69, 9.17) is 13.6 Å². The molecule has 0 amide bonds. The maximum atomic E-state index is 11.7. The summed E-state index contributed by atoms with van der Waals surface area (Å²) in [4.78, 5) is 0. The van der Waals surface area contributed by atoms with Gasteiger partial charge in [-0.25, -0.2) is 4.57 Å². The van der Waals surface area contributed by atoms with Crippen LogP contribution in [0.3, 0.4) is 0 Å². The molecule has 0 unspecified atom stereocenters. The number of phosphoric acid groups is 1. The van der Waals surface area contributed by atoms with Crippen LogP contribution >= 0.6 is 7.82 Å². The van der Waals surface area contributed by atoms with Gasteiger partial charge in [0.15, 0.2) is 0 Å². The van der Waals surface area contributed by atoms with E-state index >= 15 is 0 Å². The van der Waals surface area contributed by atoms with Crippen molar-refractivity contribution in [2.75, 3.05) is 19.8 Å². The Morgan fingerprint density at radius 3 is 1.93 bits per heavy atom. The maximum absolute atomic E-state index is 11.7. The van der Waals surface area contributed by atoms with Gasteiger partial charge >= 0.3 is 7.82 Å². The van der Waals surface area contributed by atoms with Crippen LogP contribution < -0.4 is 0 Å². The Bertz CT molecular complexity index is 172. The van der Waals surface area contributed by atoms with E-state index < -0.39 is 7.82 Å². The fourth-order valence-electron chi connectivity index (χ4n) is 0.828. The Labute approximate surface area is 86.5 Å². The first-order chi connectivity index (χ1) is 6.54. The Balaban J connectivity index is 3.90. The number of hydrogen-bond acceptors (Lipinski definition) is 4. The van der Waals surface area contributed by atoms with E-state index in [0.717, 1.165) is 6.42 Å². The van der Waals surface area contributed by atoms with Gasteiger partial charge < -0.3 is 0 Å². The number of phosphoric ester groups is 1. The van der Waals surface area contributed by atoms with Crippen molar-refractivity contribution in [1.29, 1.82) is 0 Å². The lowest BCUT2D eigenvalue weighted by atomic mass is 10.2. The van der Waals surface area contributed by atoms with Gasteiger partial charge in [0.1, 0.15) is 0 Å². The molecule has 14 heavy (non-hydrogen) atoms. The number of hydrogen-bond donors (Lipinski definition) is 0. The van der Waals surface area contributed by atoms with E-state index in [9.17, 15) is 4.57 Å². The third-order valence-corrected chi connectivity index (χ3v) is 3.17. The van der Waals surface area contributed by atoms with Gasteiger partial charge in [0, 0.05) is 0 Å². The highest BCUT2D eigenvalue weighted by Gasteiger charge is 2.24. The van der Waals surface area contributed by atoms with Crippen LogP contribution in [0.4, 0.5) is 0 Å². The zero-order valence-corrected chi connectivity index (χ0v) is 10.4. The largest absolute Gasteiger partial charge is 0.474 e. The van der Waals surface area contributed by atoms with Crippen LogP contribution in [-0.2, 0) is 18.1 Å². The highest BCUT2D eigenvalue weighted by atomic mass is 31.2. The molecule has 4 nitrogen and oxygen atoms in total. The Kier molecular flexibility index (Phi) is 7.47. The van der Waals surface area contributed by atoms with Gasteiger partial charge in [-0.3, -0.25) is 13.6 Å². The van der Waals surface area contributed by atoms with Crippen molar-refractivity contribution in [2.24, 2.45) is 5.92 Å². The fraction of sp³-hybridized carbons (Fsp3) is 1.00. The lowest BCUT2D eigenvalue weighted by molar-refractivity contribution is 0.117. The fourth-order valence-corrected chi connectivity index (χ4v) is 2.01. The molecule has 0 bridgehead atoms. The summed E-state index contributed by atoms with van der Waals surface area (Å²) in [6.45, 7) is 8.76. The van der Waals surface area contributed by atoms with Crippen LogP contribution in [0.5, 0.6) is 0 Å². The monoisotopic (exact) mass is 224 g/mol. The highest BCUT2D eigenvalue weighted by molar-refractivity contribution is 7.48. The van der Waals surface area contributed by atoms with Gasteiger partial charge in [-0.15, -0.1) is 0 Å². The van der Waals surface area contributed by atoms with Crippen molar-refractivity contribution in [3.63, 3.8) is 0 Å². The molecule has 0 fully saturated rings. The third kappa shape index (κ3) is 6.55. The third-order valence-electron chi connectivity index (χ3n) is 1.52. The van der Waals surface area contributed by atoms with Gasteiger partial charge in [-0.1, -0.05) is 13.8 Å². The molecule has 0 aliphatic carbocycles. The van der Waals surface area contributed by atoms with E-state index in [2.05, 4.69) is 13.8 Å². The predicted molar refractivity (Wildman–Crippen MR) is 56.3 cm³/mol. The van der Waals surface area contributed by atoms with Crippen molar-refractivity contribution in [3.8, 4) is 0 Å². The molecule has 0 aliphatic heterocycles. The molecule has 0 aliphatic rings. The van der Waals surface area contributed by atoms with Crippen molar-refractivity contribution in [1.82, 2.24) is 0 Å². The van der Waals surface area contributed by atoms with Crippen LogP contribution in [-0.4, -0.2) is 19.8 Å². The smallest absolute Gasteiger partial charge is 0.287 e. The van der Waals surface area contributed by atoms with E-state index in [-0.39, 0.29) is 0 Å². The molecule has 0 aromatic carbocycles. The molecular formula is C9H21O4P. The van der Waals surface area contributed by atoms with Gasteiger partial charge in [0.2, 0.25) is 0 Å². The van der Waals surface area contributed by atoms with Gasteiger partial charge in [0.25, 0.3) is 0 Å². The van der Waals surface area contributed by atoms with Gasteiger partial charge in [0.05, 0.1) is 19.8 Å². The molecule has 0 atom stereocenters. The van der Waals surface area contributed by atoms with Gasteiger partial charge in [-0.05, 0) is 26.2 Å². The normalized spacial score (nSPS) is 12.4. The molecule has 0 rings (SSSR count). The molecule has 5 heteroatoms. The van der Waals surface area contributed by atoms with Crippen LogP contribution in [0.15, 0.2) is 0 Å². The zero-order valence-electron chi connectivity index (χ0n) is 9.49. The predicted octanol–water partition coefficient (Wildman–Crippen LogP) is 3.23. The summed E-state index contributed by atoms with van der Waals surface area (Å²) in [5.74, 6) is 0.520. The van der Waals surface area contributed by atoms with Crippen molar-refractivity contribution in [2.45, 2.75) is 34.1 Å². The topological polar surface area (TPSA) is 44.8 Å². The molecule has 0 aromatic rings. The van der Waals surface area contributed by atoms with Crippen molar-refractivity contribution in [3.05, 3.63) is 0 Å². The second-order valence-electron chi connectivity index (χ2n) is 3.30. The summed E-state index contributed by atoms with van der Waals surface area (Å²) in [5, 5.41) is 0. The first-order valence-electron chi connectivity index (χ1n) is 5.07. The second kappa shape index (κ2) is 7.41. The van der Waals surface area contributed by atoms with Crippen molar-refractivity contribution < 1.29 is 18.1 Å². The first-order valence-corrected chi connectivity index (χ1v) is 6.53. The molecule has 0 saturated heterocycles. The zero-order chi connectivity index (χ0) is 11.0. The Morgan fingerprint density at radius 2 is 1.57 bits per heavy atom. The molecule has 0 saturated carbocycles. The Morgan fingerprint density at radius 1 is 1.07 bits per heavy atom. The summed E-state index contributed by atoms with van der Waals surface area (Å²) in [7, 11) is -3.28. The lowest BCUT2D eigenvalue weighted by Crippen LogP contribution is -2.03. The van der Waals surface area contributed by atoms with E-state index in [1.54, 1.807) is 13.8 Å².